The first-order valence-electron chi connectivity index (χ1n) is 22.7. The van der Waals surface area contributed by atoms with Gasteiger partial charge in [0.05, 0.1) is 32.6 Å². The fraction of sp³-hybridized carbons (Fsp3) is 0.373. The second kappa shape index (κ2) is 22.6. The van der Waals surface area contributed by atoms with Crippen LogP contribution in [0.25, 0.3) is 0 Å². The minimum atomic E-state index is -2.08. The Kier molecular flexibility index (Phi) is 16.3. The van der Waals surface area contributed by atoms with E-state index in [0.29, 0.717) is 4.90 Å². The summed E-state index contributed by atoms with van der Waals surface area (Å²) < 4.78 is 61.1. The lowest BCUT2D eigenvalue weighted by molar-refractivity contribution is -0.384. The maximum Gasteiger partial charge on any atom is 0.338 e. The molecule has 2 fully saturated rings. The lowest BCUT2D eigenvalue weighted by Gasteiger charge is -2.50. The van der Waals surface area contributed by atoms with E-state index in [4.69, 9.17) is 47.4 Å². The van der Waals surface area contributed by atoms with Crippen LogP contribution in [0, 0.1) is 15.5 Å². The summed E-state index contributed by atoms with van der Waals surface area (Å²) >= 11 is 0. The Labute approximate surface area is 416 Å². The second-order valence-electron chi connectivity index (χ2n) is 17.8. The number of carbonyl (C=O) groups is 8. The fourth-order valence-corrected chi connectivity index (χ4v) is 8.12. The van der Waals surface area contributed by atoms with Crippen molar-refractivity contribution in [3.63, 3.8) is 0 Å². The number of amides is 2. The molecule has 22 nitrogen and oxygen atoms in total. The van der Waals surface area contributed by atoms with Crippen LogP contribution in [0.4, 0.5) is 5.69 Å². The van der Waals surface area contributed by atoms with Crippen LogP contribution in [0.5, 0.6) is 5.75 Å². The lowest BCUT2D eigenvalue weighted by Crippen LogP contribution is -2.70. The summed E-state index contributed by atoms with van der Waals surface area (Å²) in [5.41, 5.74) is -1.63. The zero-order chi connectivity index (χ0) is 52.7. The molecule has 4 aromatic carbocycles. The number of hydrogen-bond acceptors (Lipinski definition) is 20. The Hall–Kier alpha value is -8.08. The summed E-state index contributed by atoms with van der Waals surface area (Å²) in [7, 11) is 0. The first kappa shape index (κ1) is 52.7. The van der Waals surface area contributed by atoms with Crippen LogP contribution < -0.4 is 4.74 Å². The summed E-state index contributed by atoms with van der Waals surface area (Å²) in [4.78, 5) is 121. The van der Waals surface area contributed by atoms with Gasteiger partial charge in [0.15, 0.2) is 24.6 Å². The van der Waals surface area contributed by atoms with Crippen LogP contribution in [-0.2, 0) is 61.8 Å². The summed E-state index contributed by atoms with van der Waals surface area (Å²) in [6, 6.07) is 23.6. The normalized spacial score (nSPS) is 24.5. The summed E-state index contributed by atoms with van der Waals surface area (Å²) in [6.45, 7) is 6.34. The molecule has 0 aromatic heterocycles. The van der Waals surface area contributed by atoms with Gasteiger partial charge in [0.1, 0.15) is 43.3 Å². The zero-order valence-corrected chi connectivity index (χ0v) is 40.1. The predicted molar refractivity (Wildman–Crippen MR) is 246 cm³/mol. The maximum absolute atomic E-state index is 14.5. The van der Waals surface area contributed by atoms with E-state index in [1.165, 1.54) is 72.8 Å². The van der Waals surface area contributed by atoms with Gasteiger partial charge in [0.2, 0.25) is 12.4 Å². The van der Waals surface area contributed by atoms with Crippen LogP contribution in [0.1, 0.15) is 83.0 Å². The number of nitro benzene ring substituents is 1. The van der Waals surface area contributed by atoms with Crippen molar-refractivity contribution in [2.75, 3.05) is 13.2 Å². The van der Waals surface area contributed by atoms with Gasteiger partial charge in [0, 0.05) is 32.9 Å². The molecule has 10 atom stereocenters. The number of carbonyl (C=O) groups excluding carboxylic acids is 8. The molecule has 384 valence electrons. The molecule has 0 spiro atoms. The van der Waals surface area contributed by atoms with Gasteiger partial charge in [-0.2, -0.15) is 0 Å². The van der Waals surface area contributed by atoms with Crippen molar-refractivity contribution < 1.29 is 90.6 Å². The number of nitrogens with zero attached hydrogens (tertiary/aromatic N) is 2. The fourth-order valence-electron chi connectivity index (χ4n) is 8.12. The molecule has 4 aromatic rings. The average molecular weight is 1010 g/mol. The number of imide groups is 1. The third kappa shape index (κ3) is 12.3. The first-order valence-corrected chi connectivity index (χ1v) is 22.7. The van der Waals surface area contributed by atoms with E-state index in [9.17, 15) is 48.5 Å². The highest BCUT2D eigenvalue weighted by atomic mass is 16.8. The molecule has 0 saturated carbocycles. The molecule has 0 unspecified atom stereocenters. The van der Waals surface area contributed by atoms with E-state index in [0.717, 1.165) is 32.9 Å². The molecule has 7 rings (SSSR count). The van der Waals surface area contributed by atoms with Crippen molar-refractivity contribution in [1.82, 2.24) is 4.90 Å². The number of fused-ring (bicyclic) bond motifs is 1. The molecule has 22 heteroatoms. The predicted octanol–water partition coefficient (Wildman–Crippen LogP) is 4.94. The number of rotatable bonds is 16. The van der Waals surface area contributed by atoms with Gasteiger partial charge in [-0.1, -0.05) is 48.5 Å². The Bertz CT molecular complexity index is 2690. The summed E-state index contributed by atoms with van der Waals surface area (Å²) in [5, 5.41) is 11.6. The smallest absolute Gasteiger partial charge is 0.338 e. The Morgan fingerprint density at radius 3 is 1.56 bits per heavy atom. The Balaban J connectivity index is 1.43. The van der Waals surface area contributed by atoms with Gasteiger partial charge in [0.25, 0.3) is 17.5 Å². The standard InChI is InChI=1S/C51H50N2O20/c1-27(54)64-25-36-39(66-28(2)55)41(67-29(3)56)38(52-44(57)34-19-13-14-20-35(34)45(52)58)48(69-36)73-40-37(26-65-50(61)51(4,5)6)70-49(68-33-23-21-32(22-24-33)53(62)63)43(72-47(60)31-17-11-8-12-18-31)42(40)71-46(59)30-15-9-7-10-16-30/h7-24,36-43,48-49H,25-26H2,1-6H3/t36-,37-,38-,39-,40-,41-,42+,43-,48+,49-/m1/s1. The summed E-state index contributed by atoms with van der Waals surface area (Å²) in [5.74, 6) is -7.55. The van der Waals surface area contributed by atoms with Gasteiger partial charge >= 0.3 is 35.8 Å². The lowest BCUT2D eigenvalue weighted by atomic mass is 9.93. The monoisotopic (exact) mass is 1010 g/mol. The maximum atomic E-state index is 14.5. The van der Waals surface area contributed by atoms with Crippen molar-refractivity contribution in [2.24, 2.45) is 5.41 Å². The molecular weight excluding hydrogens is 961 g/mol. The minimum absolute atomic E-state index is 0.00114. The molecule has 0 N–H and O–H groups in total. The van der Waals surface area contributed by atoms with Gasteiger partial charge in [-0.25, -0.2) is 9.59 Å². The molecule has 2 amide bonds. The number of esters is 6. The number of ether oxygens (including phenoxy) is 10. The van der Waals surface area contributed by atoms with E-state index in [-0.39, 0.29) is 33.7 Å². The Morgan fingerprint density at radius 2 is 1.05 bits per heavy atom. The second-order valence-corrected chi connectivity index (χ2v) is 17.8. The van der Waals surface area contributed by atoms with Crippen LogP contribution in [0.3, 0.4) is 0 Å². The number of non-ortho nitro benzene ring substituents is 1. The van der Waals surface area contributed by atoms with E-state index >= 15 is 0 Å². The number of hydrogen-bond donors (Lipinski definition) is 0. The molecular formula is C51H50N2O20. The molecule has 73 heavy (non-hydrogen) atoms. The van der Waals surface area contributed by atoms with Crippen LogP contribution in [-0.4, -0.2) is 132 Å². The van der Waals surface area contributed by atoms with E-state index < -0.39 is 133 Å². The third-order valence-electron chi connectivity index (χ3n) is 11.5. The average Bonchev–Trinajstić information content (AvgIpc) is 3.60. The molecule has 3 aliphatic rings. The van der Waals surface area contributed by atoms with Crippen LogP contribution >= 0.6 is 0 Å². The van der Waals surface area contributed by atoms with Gasteiger partial charge in [-0.05, 0) is 69.3 Å². The van der Waals surface area contributed by atoms with Crippen molar-refractivity contribution in [1.29, 1.82) is 0 Å². The summed E-state index contributed by atoms with van der Waals surface area (Å²) in [6.07, 6.45) is -16.5. The topological polar surface area (TPSA) is 275 Å². The number of benzene rings is 4. The molecule has 0 bridgehead atoms. The van der Waals surface area contributed by atoms with E-state index in [2.05, 4.69) is 0 Å². The zero-order valence-electron chi connectivity index (χ0n) is 40.1. The molecule has 3 aliphatic heterocycles. The highest BCUT2D eigenvalue weighted by Gasteiger charge is 2.61. The number of nitro groups is 1. The highest BCUT2D eigenvalue weighted by molar-refractivity contribution is 6.21. The van der Waals surface area contributed by atoms with E-state index in [1.54, 1.807) is 45.0 Å². The first-order chi connectivity index (χ1) is 34.7. The van der Waals surface area contributed by atoms with Gasteiger partial charge < -0.3 is 47.4 Å². The van der Waals surface area contributed by atoms with Crippen LogP contribution in [0.15, 0.2) is 109 Å². The van der Waals surface area contributed by atoms with Gasteiger partial charge in [-0.15, -0.1) is 0 Å². The van der Waals surface area contributed by atoms with Crippen molar-refractivity contribution in [3.8, 4) is 5.75 Å². The molecule has 0 aliphatic carbocycles. The quantitative estimate of drug-likeness (QED) is 0.0472. The Morgan fingerprint density at radius 1 is 0.575 bits per heavy atom. The van der Waals surface area contributed by atoms with Crippen LogP contribution in [0.2, 0.25) is 0 Å². The van der Waals surface area contributed by atoms with Crippen molar-refractivity contribution in [3.05, 3.63) is 142 Å². The SMILES string of the molecule is CC(=O)OC[C@H]1O[C@@H](O[C@H]2[C@H](OC(=O)c3ccccc3)[C@@H](OC(=O)c3ccccc3)[C@H](Oc3ccc([N+](=O)[O-])cc3)O[C@@H]2COC(=O)C(C)(C)C)[C@H](N2C(=O)c3ccccc3C2=O)[C@@H](OC(C)=O)[C@@H]1OC(C)=O. The molecule has 0 radical (unpaired) electrons. The third-order valence-corrected chi connectivity index (χ3v) is 11.5. The minimum Gasteiger partial charge on any atom is -0.463 e. The van der Waals surface area contributed by atoms with Gasteiger partial charge in [-0.3, -0.25) is 43.8 Å². The van der Waals surface area contributed by atoms with Crippen molar-refractivity contribution >= 4 is 53.3 Å². The molecule has 2 saturated heterocycles. The highest BCUT2D eigenvalue weighted by Crippen LogP contribution is 2.39. The molecule has 3 heterocycles. The van der Waals surface area contributed by atoms with E-state index in [1.807, 2.05) is 0 Å². The van der Waals surface area contributed by atoms with Crippen molar-refractivity contribution in [2.45, 2.75) is 103 Å². The largest absolute Gasteiger partial charge is 0.463 e.